The van der Waals surface area contributed by atoms with Crippen molar-refractivity contribution in [3.05, 3.63) is 36.0 Å². The van der Waals surface area contributed by atoms with Gasteiger partial charge in [-0.15, -0.1) is 6.58 Å². The molecule has 1 N–H and O–H groups in total. The van der Waals surface area contributed by atoms with E-state index in [0.29, 0.717) is 5.92 Å². The lowest BCUT2D eigenvalue weighted by Gasteiger charge is -2.57. The van der Waals surface area contributed by atoms with Gasteiger partial charge in [0.05, 0.1) is 6.10 Å². The normalized spacial score (nSPS) is 48.7. The van der Waals surface area contributed by atoms with Crippen LogP contribution in [0.4, 0.5) is 0 Å². The molecule has 2 saturated carbocycles. The van der Waals surface area contributed by atoms with Crippen LogP contribution in [0.1, 0.15) is 65.2 Å². The van der Waals surface area contributed by atoms with E-state index < -0.39 is 0 Å². The van der Waals surface area contributed by atoms with Gasteiger partial charge in [-0.2, -0.15) is 0 Å². The monoisotopic (exact) mass is 312 g/mol. The topological polar surface area (TPSA) is 20.2 Å². The Morgan fingerprint density at radius 1 is 1.26 bits per heavy atom. The van der Waals surface area contributed by atoms with Gasteiger partial charge in [-0.3, -0.25) is 0 Å². The SMILES string of the molecule is C=C[C@]12CCC(CC)=CC1=CC[C@H]1[C@@H]3CC[C@H](O)[C@@]3(C)CC[C@@H]12. The van der Waals surface area contributed by atoms with Crippen LogP contribution in [-0.2, 0) is 0 Å². The second kappa shape index (κ2) is 5.34. The summed E-state index contributed by atoms with van der Waals surface area (Å²) in [5.41, 5.74) is 3.58. The number of allylic oxidation sites excluding steroid dienone is 5. The Morgan fingerprint density at radius 2 is 2.09 bits per heavy atom. The van der Waals surface area contributed by atoms with Crippen molar-refractivity contribution in [2.24, 2.45) is 28.6 Å². The lowest BCUT2D eigenvalue weighted by Crippen LogP contribution is -2.50. The molecule has 1 heteroatoms. The van der Waals surface area contributed by atoms with Crippen molar-refractivity contribution in [1.29, 1.82) is 0 Å². The molecule has 126 valence electrons. The van der Waals surface area contributed by atoms with Crippen molar-refractivity contribution in [2.45, 2.75) is 71.3 Å². The van der Waals surface area contributed by atoms with E-state index in [4.69, 9.17) is 0 Å². The maximum Gasteiger partial charge on any atom is 0.0596 e. The number of hydrogen-bond acceptors (Lipinski definition) is 1. The molecule has 0 aromatic heterocycles. The summed E-state index contributed by atoms with van der Waals surface area (Å²) in [6, 6.07) is 0. The van der Waals surface area contributed by atoms with Gasteiger partial charge in [-0.05, 0) is 80.1 Å². The molecule has 2 fully saturated rings. The molecular weight excluding hydrogens is 280 g/mol. The van der Waals surface area contributed by atoms with Crippen molar-refractivity contribution in [1.82, 2.24) is 0 Å². The van der Waals surface area contributed by atoms with Crippen molar-refractivity contribution >= 4 is 0 Å². The lowest BCUT2D eigenvalue weighted by atomic mass is 9.48. The molecule has 0 radical (unpaired) electrons. The first-order chi connectivity index (χ1) is 11.0. The largest absolute Gasteiger partial charge is 0.393 e. The van der Waals surface area contributed by atoms with Crippen LogP contribution in [0.2, 0.25) is 0 Å². The summed E-state index contributed by atoms with van der Waals surface area (Å²) >= 11 is 0. The summed E-state index contributed by atoms with van der Waals surface area (Å²) in [4.78, 5) is 0. The van der Waals surface area contributed by atoms with E-state index in [0.717, 1.165) is 18.3 Å². The van der Waals surface area contributed by atoms with Crippen LogP contribution in [0.25, 0.3) is 0 Å². The van der Waals surface area contributed by atoms with Crippen LogP contribution in [0, 0.1) is 28.6 Å². The molecule has 0 heterocycles. The van der Waals surface area contributed by atoms with E-state index in [2.05, 4.69) is 38.7 Å². The first-order valence-corrected chi connectivity index (χ1v) is 9.77. The van der Waals surface area contributed by atoms with Gasteiger partial charge in [0.2, 0.25) is 0 Å². The minimum absolute atomic E-state index is 0.0727. The zero-order valence-electron chi connectivity index (χ0n) is 14.9. The van der Waals surface area contributed by atoms with Crippen LogP contribution in [0.3, 0.4) is 0 Å². The number of fused-ring (bicyclic) bond motifs is 5. The van der Waals surface area contributed by atoms with E-state index in [1.807, 2.05) is 0 Å². The molecule has 4 aliphatic carbocycles. The summed E-state index contributed by atoms with van der Waals surface area (Å²) < 4.78 is 0. The number of hydrogen-bond donors (Lipinski definition) is 1. The molecule has 4 rings (SSSR count). The molecule has 0 amide bonds. The average Bonchev–Trinajstić information content (AvgIpc) is 2.89. The molecule has 0 bridgehead atoms. The van der Waals surface area contributed by atoms with E-state index >= 15 is 0 Å². The Balaban J connectivity index is 1.73. The highest BCUT2D eigenvalue weighted by Gasteiger charge is 2.58. The Kier molecular flexibility index (Phi) is 3.65. The summed E-state index contributed by atoms with van der Waals surface area (Å²) in [5, 5.41) is 10.5. The maximum atomic E-state index is 10.5. The molecule has 0 aliphatic heterocycles. The first kappa shape index (κ1) is 15.7. The van der Waals surface area contributed by atoms with Crippen molar-refractivity contribution in [3.63, 3.8) is 0 Å². The zero-order valence-corrected chi connectivity index (χ0v) is 14.9. The van der Waals surface area contributed by atoms with Gasteiger partial charge < -0.3 is 5.11 Å². The van der Waals surface area contributed by atoms with Crippen LogP contribution < -0.4 is 0 Å². The third kappa shape index (κ3) is 2.02. The minimum Gasteiger partial charge on any atom is -0.393 e. The lowest BCUT2D eigenvalue weighted by molar-refractivity contribution is -0.0569. The van der Waals surface area contributed by atoms with Crippen LogP contribution >= 0.6 is 0 Å². The van der Waals surface area contributed by atoms with Crippen molar-refractivity contribution < 1.29 is 5.11 Å². The number of rotatable bonds is 2. The third-order valence-electron chi connectivity index (χ3n) is 8.23. The predicted octanol–water partition coefficient (Wildman–Crippen LogP) is 5.42. The standard InChI is InChI=1S/C22H32O/c1-4-15-10-13-22(5-2)16(14-15)6-7-17-18-8-9-20(23)21(18,3)12-11-19(17)22/h5-6,14,17-20,23H,2,4,7-13H2,1,3H3/t17-,18-,19-,20-,21-,22-/m0/s1. The Bertz CT molecular complexity index is 571. The van der Waals surface area contributed by atoms with Gasteiger partial charge in [0.1, 0.15) is 0 Å². The molecule has 4 aliphatic rings. The zero-order chi connectivity index (χ0) is 16.2. The molecule has 23 heavy (non-hydrogen) atoms. The fourth-order valence-corrected chi connectivity index (χ4v) is 6.73. The average molecular weight is 312 g/mol. The second-order valence-electron chi connectivity index (χ2n) is 8.81. The van der Waals surface area contributed by atoms with E-state index in [1.165, 1.54) is 44.9 Å². The minimum atomic E-state index is -0.0727. The molecule has 0 spiro atoms. The fraction of sp³-hybridized carbons (Fsp3) is 0.727. The highest BCUT2D eigenvalue weighted by Crippen LogP contribution is 2.64. The molecule has 0 aromatic rings. The summed E-state index contributed by atoms with van der Waals surface area (Å²) in [6.45, 7) is 8.94. The van der Waals surface area contributed by atoms with Gasteiger partial charge in [0.25, 0.3) is 0 Å². The summed E-state index contributed by atoms with van der Waals surface area (Å²) in [6.07, 6.45) is 16.9. The second-order valence-corrected chi connectivity index (χ2v) is 8.81. The first-order valence-electron chi connectivity index (χ1n) is 9.77. The predicted molar refractivity (Wildman–Crippen MR) is 96.0 cm³/mol. The van der Waals surface area contributed by atoms with Gasteiger partial charge in [-0.25, -0.2) is 0 Å². The molecule has 0 aromatic carbocycles. The quantitative estimate of drug-likeness (QED) is 0.675. The molecule has 6 atom stereocenters. The molecule has 0 unspecified atom stereocenters. The fourth-order valence-electron chi connectivity index (χ4n) is 6.73. The number of aliphatic hydroxyl groups is 1. The van der Waals surface area contributed by atoms with E-state index in [9.17, 15) is 5.11 Å². The van der Waals surface area contributed by atoms with Gasteiger partial charge >= 0.3 is 0 Å². The van der Waals surface area contributed by atoms with Crippen LogP contribution in [0.15, 0.2) is 36.0 Å². The van der Waals surface area contributed by atoms with E-state index in [1.54, 1.807) is 11.1 Å². The van der Waals surface area contributed by atoms with E-state index in [-0.39, 0.29) is 16.9 Å². The maximum absolute atomic E-state index is 10.5. The molecular formula is C22H32O. The highest BCUT2D eigenvalue weighted by molar-refractivity contribution is 5.41. The van der Waals surface area contributed by atoms with Crippen LogP contribution in [0.5, 0.6) is 0 Å². The Hall–Kier alpha value is -0.820. The Morgan fingerprint density at radius 3 is 2.83 bits per heavy atom. The smallest absolute Gasteiger partial charge is 0.0596 e. The third-order valence-corrected chi connectivity index (χ3v) is 8.23. The van der Waals surface area contributed by atoms with Crippen molar-refractivity contribution in [2.75, 3.05) is 0 Å². The summed E-state index contributed by atoms with van der Waals surface area (Å²) in [5.74, 6) is 2.21. The molecule has 0 saturated heterocycles. The molecule has 1 nitrogen and oxygen atoms in total. The van der Waals surface area contributed by atoms with Gasteiger partial charge in [-0.1, -0.05) is 37.6 Å². The van der Waals surface area contributed by atoms with Crippen molar-refractivity contribution in [3.8, 4) is 0 Å². The van der Waals surface area contributed by atoms with Gasteiger partial charge in [0.15, 0.2) is 0 Å². The highest BCUT2D eigenvalue weighted by atomic mass is 16.3. The van der Waals surface area contributed by atoms with Gasteiger partial charge in [0, 0.05) is 5.41 Å². The Labute approximate surface area is 141 Å². The van der Waals surface area contributed by atoms with Crippen LogP contribution in [-0.4, -0.2) is 11.2 Å². The number of aliphatic hydroxyl groups excluding tert-OH is 1. The summed E-state index contributed by atoms with van der Waals surface area (Å²) in [7, 11) is 0.